The van der Waals surface area contributed by atoms with Crippen molar-refractivity contribution in [3.63, 3.8) is 0 Å². The van der Waals surface area contributed by atoms with Gasteiger partial charge in [0.15, 0.2) is 0 Å². The van der Waals surface area contributed by atoms with Gasteiger partial charge in [0.05, 0.1) is 5.92 Å². The molecule has 0 radical (unpaired) electrons. The van der Waals surface area contributed by atoms with Crippen molar-refractivity contribution in [2.75, 3.05) is 26.2 Å². The van der Waals surface area contributed by atoms with Gasteiger partial charge in [-0.2, -0.15) is 0 Å². The van der Waals surface area contributed by atoms with E-state index in [1.54, 1.807) is 11.0 Å². The predicted molar refractivity (Wildman–Crippen MR) is 99.7 cm³/mol. The molecule has 0 N–H and O–H groups in total. The van der Waals surface area contributed by atoms with Gasteiger partial charge in [-0.15, -0.1) is 0 Å². The Morgan fingerprint density at radius 2 is 1.92 bits per heavy atom. The highest BCUT2D eigenvalue weighted by Crippen LogP contribution is 2.24. The number of hydrogen-bond acceptors (Lipinski definition) is 2. The Bertz CT molecular complexity index is 718. The van der Waals surface area contributed by atoms with E-state index in [1.807, 2.05) is 17.0 Å². The van der Waals surface area contributed by atoms with E-state index in [0.29, 0.717) is 26.2 Å². The maximum Gasteiger partial charge on any atom is 0.245 e. The van der Waals surface area contributed by atoms with Gasteiger partial charge in [0.25, 0.3) is 0 Å². The third-order valence-electron chi connectivity index (χ3n) is 5.19. The maximum absolute atomic E-state index is 13.3. The summed E-state index contributed by atoms with van der Waals surface area (Å²) in [4.78, 5) is 28.2. The molecule has 2 aliphatic heterocycles. The van der Waals surface area contributed by atoms with Crippen LogP contribution in [0.3, 0.4) is 0 Å². The van der Waals surface area contributed by atoms with Crippen LogP contribution in [0.15, 0.2) is 42.5 Å². The Balaban J connectivity index is 1.56. The summed E-state index contributed by atoms with van der Waals surface area (Å²) in [7, 11) is 0. The van der Waals surface area contributed by atoms with Gasteiger partial charge in [0, 0.05) is 26.2 Å². The number of piperidine rings is 2. The number of benzene rings is 1. The normalized spacial score (nSPS) is 20.7. The van der Waals surface area contributed by atoms with Gasteiger partial charge in [0.2, 0.25) is 11.8 Å². The number of halogens is 1. The minimum Gasteiger partial charge on any atom is -0.342 e. The van der Waals surface area contributed by atoms with Gasteiger partial charge >= 0.3 is 0 Å². The molecule has 3 rings (SSSR count). The average Bonchev–Trinajstić information content (AvgIpc) is 2.67. The molecule has 2 amide bonds. The molecule has 2 heterocycles. The second-order valence-electron chi connectivity index (χ2n) is 7.01. The van der Waals surface area contributed by atoms with Crippen LogP contribution in [0, 0.1) is 11.7 Å². The fraction of sp³-hybridized carbons (Fsp3) is 0.429. The van der Waals surface area contributed by atoms with Crippen LogP contribution in [0.4, 0.5) is 4.39 Å². The van der Waals surface area contributed by atoms with Crippen LogP contribution < -0.4 is 0 Å². The molecule has 0 saturated carbocycles. The highest BCUT2D eigenvalue weighted by Gasteiger charge is 2.31. The summed E-state index contributed by atoms with van der Waals surface area (Å²) >= 11 is 0. The van der Waals surface area contributed by atoms with Crippen LogP contribution in [0.1, 0.15) is 31.2 Å². The maximum atomic E-state index is 13.3. The van der Waals surface area contributed by atoms with Crippen LogP contribution in [0.2, 0.25) is 0 Å². The van der Waals surface area contributed by atoms with Gasteiger partial charge in [-0.3, -0.25) is 9.59 Å². The molecule has 2 saturated heterocycles. The second-order valence-corrected chi connectivity index (χ2v) is 7.01. The standard InChI is InChI=1S/C21H25FN2O2/c1-2-20(25)24-10-4-6-18(15-24)21(26)23-11-8-16(9-12-23)13-17-5-3-7-19(22)14-17/h2-3,5,7,13-14,18H,1,4,6,8-12,15H2. The number of amides is 2. The molecule has 0 spiro atoms. The summed E-state index contributed by atoms with van der Waals surface area (Å²) in [5.74, 6) is -0.290. The number of nitrogens with zero attached hydrogens (tertiary/aromatic N) is 2. The summed E-state index contributed by atoms with van der Waals surface area (Å²) < 4.78 is 13.3. The largest absolute Gasteiger partial charge is 0.342 e. The number of carbonyl (C=O) groups excluding carboxylic acids is 2. The summed E-state index contributed by atoms with van der Waals surface area (Å²) in [5, 5.41) is 0. The second kappa shape index (κ2) is 8.30. The molecule has 0 aliphatic carbocycles. The van der Waals surface area contributed by atoms with Crippen molar-refractivity contribution < 1.29 is 14.0 Å². The van der Waals surface area contributed by atoms with Crippen molar-refractivity contribution in [1.82, 2.24) is 9.80 Å². The molecule has 1 aromatic carbocycles. The average molecular weight is 356 g/mol. The van der Waals surface area contributed by atoms with Crippen molar-refractivity contribution in [1.29, 1.82) is 0 Å². The monoisotopic (exact) mass is 356 g/mol. The number of carbonyl (C=O) groups is 2. The van der Waals surface area contributed by atoms with Crippen LogP contribution in [0.25, 0.3) is 6.08 Å². The van der Waals surface area contributed by atoms with Crippen molar-refractivity contribution in [2.24, 2.45) is 5.92 Å². The molecule has 26 heavy (non-hydrogen) atoms. The first-order valence-corrected chi connectivity index (χ1v) is 9.22. The SMILES string of the molecule is C=CC(=O)N1CCCC(C(=O)N2CCC(=Cc3cccc(F)c3)CC2)C1. The van der Waals surface area contributed by atoms with Crippen molar-refractivity contribution >= 4 is 17.9 Å². The topological polar surface area (TPSA) is 40.6 Å². The van der Waals surface area contributed by atoms with Crippen LogP contribution >= 0.6 is 0 Å². The van der Waals surface area contributed by atoms with Crippen molar-refractivity contribution in [3.8, 4) is 0 Å². The third-order valence-corrected chi connectivity index (χ3v) is 5.19. The lowest BCUT2D eigenvalue weighted by Crippen LogP contribution is -2.47. The minimum atomic E-state index is -0.233. The Labute approximate surface area is 154 Å². The summed E-state index contributed by atoms with van der Waals surface area (Å²) in [6.45, 7) is 6.10. The summed E-state index contributed by atoms with van der Waals surface area (Å²) in [6.07, 6.45) is 6.65. The Morgan fingerprint density at radius 1 is 1.15 bits per heavy atom. The zero-order chi connectivity index (χ0) is 18.5. The van der Waals surface area contributed by atoms with E-state index in [9.17, 15) is 14.0 Å². The van der Waals surface area contributed by atoms with Gasteiger partial charge in [0.1, 0.15) is 5.82 Å². The zero-order valence-electron chi connectivity index (χ0n) is 15.0. The fourth-order valence-corrected chi connectivity index (χ4v) is 3.76. The molecule has 4 nitrogen and oxygen atoms in total. The molecule has 1 unspecified atom stereocenters. The van der Waals surface area contributed by atoms with Crippen molar-refractivity contribution in [3.05, 3.63) is 53.9 Å². The molecule has 1 atom stereocenters. The van der Waals surface area contributed by atoms with E-state index >= 15 is 0 Å². The molecule has 2 fully saturated rings. The predicted octanol–water partition coefficient (Wildman–Crippen LogP) is 3.26. The lowest BCUT2D eigenvalue weighted by Gasteiger charge is -2.36. The van der Waals surface area contributed by atoms with Gasteiger partial charge in [-0.1, -0.05) is 30.4 Å². The summed E-state index contributed by atoms with van der Waals surface area (Å²) in [5.41, 5.74) is 2.11. The Morgan fingerprint density at radius 3 is 2.62 bits per heavy atom. The minimum absolute atomic E-state index is 0.0959. The van der Waals surface area contributed by atoms with Gasteiger partial charge in [-0.05, 0) is 49.5 Å². The quantitative estimate of drug-likeness (QED) is 0.780. The highest BCUT2D eigenvalue weighted by molar-refractivity contribution is 5.88. The molecule has 2 aliphatic rings. The smallest absolute Gasteiger partial charge is 0.245 e. The first-order chi connectivity index (χ1) is 12.6. The van der Waals surface area contributed by atoms with Gasteiger partial charge in [-0.25, -0.2) is 4.39 Å². The van der Waals surface area contributed by atoms with E-state index in [1.165, 1.54) is 23.8 Å². The highest BCUT2D eigenvalue weighted by atomic mass is 19.1. The van der Waals surface area contributed by atoms with E-state index < -0.39 is 0 Å². The fourth-order valence-electron chi connectivity index (χ4n) is 3.76. The van der Waals surface area contributed by atoms with Crippen molar-refractivity contribution in [2.45, 2.75) is 25.7 Å². The summed E-state index contributed by atoms with van der Waals surface area (Å²) in [6, 6.07) is 6.56. The van der Waals surface area contributed by atoms with E-state index in [-0.39, 0.29) is 23.5 Å². The Hall–Kier alpha value is -2.43. The molecule has 0 bridgehead atoms. The lowest BCUT2D eigenvalue weighted by molar-refractivity contribution is -0.139. The van der Waals surface area contributed by atoms with Crippen LogP contribution in [0.5, 0.6) is 0 Å². The molecule has 5 heteroatoms. The number of likely N-dealkylation sites (tertiary alicyclic amines) is 2. The first kappa shape index (κ1) is 18.4. The van der Waals surface area contributed by atoms with Gasteiger partial charge < -0.3 is 9.80 Å². The molecule has 0 aromatic heterocycles. The first-order valence-electron chi connectivity index (χ1n) is 9.22. The third kappa shape index (κ3) is 4.40. The zero-order valence-corrected chi connectivity index (χ0v) is 15.0. The van der Waals surface area contributed by atoms with Crippen LogP contribution in [-0.4, -0.2) is 47.8 Å². The van der Waals surface area contributed by atoms with Crippen LogP contribution in [-0.2, 0) is 9.59 Å². The molecular formula is C21H25FN2O2. The molecular weight excluding hydrogens is 331 g/mol. The number of hydrogen-bond donors (Lipinski definition) is 0. The molecule has 1 aromatic rings. The van der Waals surface area contributed by atoms with E-state index in [4.69, 9.17) is 0 Å². The number of rotatable bonds is 3. The Kier molecular flexibility index (Phi) is 5.86. The van der Waals surface area contributed by atoms with E-state index in [0.717, 1.165) is 31.2 Å². The molecule has 138 valence electrons. The van der Waals surface area contributed by atoms with E-state index in [2.05, 4.69) is 6.58 Å². The lowest BCUT2D eigenvalue weighted by atomic mass is 9.94.